The van der Waals surface area contributed by atoms with Gasteiger partial charge in [0, 0.05) is 6.20 Å². The summed E-state index contributed by atoms with van der Waals surface area (Å²) in [6.45, 7) is 0.468. The fourth-order valence-electron chi connectivity index (χ4n) is 2.44. The number of nitriles is 1. The van der Waals surface area contributed by atoms with Crippen molar-refractivity contribution in [3.63, 3.8) is 0 Å². The monoisotopic (exact) mass is 342 g/mol. The van der Waals surface area contributed by atoms with Gasteiger partial charge in [-0.05, 0) is 41.5 Å². The Balaban J connectivity index is 1.78. The third kappa shape index (κ3) is 4.49. The van der Waals surface area contributed by atoms with Crippen LogP contribution in [0.25, 0.3) is 12.2 Å². The normalized spacial score (nSPS) is 10.5. The average molecular weight is 342 g/mol. The van der Waals surface area contributed by atoms with Crippen LogP contribution in [-0.2, 0) is 6.61 Å². The molecule has 3 rings (SSSR count). The van der Waals surface area contributed by atoms with Gasteiger partial charge in [0.1, 0.15) is 6.61 Å². The van der Waals surface area contributed by atoms with Gasteiger partial charge in [0.2, 0.25) is 0 Å². The second-order valence-electron chi connectivity index (χ2n) is 5.60. The second-order valence-corrected chi connectivity index (χ2v) is 5.60. The molecule has 1 aromatic heterocycles. The van der Waals surface area contributed by atoms with Crippen LogP contribution in [0.5, 0.6) is 11.5 Å². The molecule has 0 radical (unpaired) electrons. The Morgan fingerprint density at radius 1 is 1.00 bits per heavy atom. The number of hydrogen-bond acceptors (Lipinski definition) is 4. The van der Waals surface area contributed by atoms with E-state index < -0.39 is 0 Å². The van der Waals surface area contributed by atoms with E-state index in [9.17, 15) is 0 Å². The lowest BCUT2D eigenvalue weighted by Gasteiger charge is -2.11. The van der Waals surface area contributed by atoms with Crippen molar-refractivity contribution in [2.75, 3.05) is 7.11 Å². The standard InChI is InChI=1S/C22H18N2O2/c1-25-21-10-8-17(7-9-20-13-19(15-23)11-12-24-20)14-22(21)26-16-18-5-3-2-4-6-18/h2-14H,16H2,1H3/b9-7+. The Morgan fingerprint density at radius 3 is 2.62 bits per heavy atom. The van der Waals surface area contributed by atoms with Gasteiger partial charge >= 0.3 is 0 Å². The summed E-state index contributed by atoms with van der Waals surface area (Å²) >= 11 is 0. The number of ether oxygens (including phenoxy) is 2. The zero-order valence-corrected chi connectivity index (χ0v) is 14.4. The first-order valence-corrected chi connectivity index (χ1v) is 8.17. The molecule has 0 aliphatic carbocycles. The molecule has 0 fully saturated rings. The average Bonchev–Trinajstić information content (AvgIpc) is 2.71. The second kappa shape index (κ2) is 8.50. The van der Waals surface area contributed by atoms with Crippen LogP contribution in [0.2, 0.25) is 0 Å². The van der Waals surface area contributed by atoms with Crippen LogP contribution in [-0.4, -0.2) is 12.1 Å². The van der Waals surface area contributed by atoms with E-state index in [4.69, 9.17) is 14.7 Å². The van der Waals surface area contributed by atoms with Gasteiger partial charge in [0.05, 0.1) is 24.4 Å². The highest BCUT2D eigenvalue weighted by molar-refractivity contribution is 5.70. The molecule has 0 N–H and O–H groups in total. The topological polar surface area (TPSA) is 55.1 Å². The van der Waals surface area contributed by atoms with Crippen LogP contribution in [0.4, 0.5) is 0 Å². The van der Waals surface area contributed by atoms with Crippen molar-refractivity contribution >= 4 is 12.2 Å². The molecule has 4 heteroatoms. The molecule has 0 unspecified atom stereocenters. The van der Waals surface area contributed by atoms with Crippen LogP contribution in [0.1, 0.15) is 22.4 Å². The van der Waals surface area contributed by atoms with Crippen LogP contribution in [0.15, 0.2) is 66.9 Å². The largest absolute Gasteiger partial charge is 0.493 e. The maximum Gasteiger partial charge on any atom is 0.162 e. The summed E-state index contributed by atoms with van der Waals surface area (Å²) in [5.41, 5.74) is 3.36. The number of rotatable bonds is 6. The van der Waals surface area contributed by atoms with Crippen molar-refractivity contribution in [2.24, 2.45) is 0 Å². The first kappa shape index (κ1) is 17.2. The summed E-state index contributed by atoms with van der Waals surface area (Å²) in [6.07, 6.45) is 5.42. The van der Waals surface area contributed by atoms with E-state index in [2.05, 4.69) is 11.1 Å². The van der Waals surface area contributed by atoms with Crippen LogP contribution < -0.4 is 9.47 Å². The molecule has 0 aliphatic rings. The van der Waals surface area contributed by atoms with Crippen LogP contribution in [0.3, 0.4) is 0 Å². The zero-order valence-electron chi connectivity index (χ0n) is 14.4. The fraction of sp³-hybridized carbons (Fsp3) is 0.0909. The lowest BCUT2D eigenvalue weighted by atomic mass is 10.1. The van der Waals surface area contributed by atoms with Gasteiger partial charge in [0.25, 0.3) is 0 Å². The molecule has 0 aliphatic heterocycles. The highest BCUT2D eigenvalue weighted by atomic mass is 16.5. The van der Waals surface area contributed by atoms with Gasteiger partial charge in [0.15, 0.2) is 11.5 Å². The molecule has 4 nitrogen and oxygen atoms in total. The predicted molar refractivity (Wildman–Crippen MR) is 102 cm³/mol. The maximum atomic E-state index is 8.96. The summed E-state index contributed by atoms with van der Waals surface area (Å²) in [6, 6.07) is 21.3. The minimum atomic E-state index is 0.468. The van der Waals surface area contributed by atoms with Crippen molar-refractivity contribution in [1.82, 2.24) is 4.98 Å². The van der Waals surface area contributed by atoms with Gasteiger partial charge in [-0.15, -0.1) is 0 Å². The Kier molecular flexibility index (Phi) is 5.64. The minimum Gasteiger partial charge on any atom is -0.493 e. The SMILES string of the molecule is COc1ccc(/C=C/c2cc(C#N)ccn2)cc1OCc1ccccc1. The van der Waals surface area contributed by atoms with E-state index in [1.54, 1.807) is 25.4 Å². The maximum absolute atomic E-state index is 8.96. The molecule has 26 heavy (non-hydrogen) atoms. The van der Waals surface area contributed by atoms with Gasteiger partial charge < -0.3 is 9.47 Å². The molecule has 1 heterocycles. The molecule has 0 amide bonds. The number of benzene rings is 2. The number of methoxy groups -OCH3 is 1. The quantitative estimate of drug-likeness (QED) is 0.651. The first-order valence-electron chi connectivity index (χ1n) is 8.17. The number of pyridine rings is 1. The lowest BCUT2D eigenvalue weighted by Crippen LogP contribution is -1.97. The third-order valence-electron chi connectivity index (χ3n) is 3.78. The highest BCUT2D eigenvalue weighted by Gasteiger charge is 2.05. The van der Waals surface area contributed by atoms with E-state index >= 15 is 0 Å². The Bertz CT molecular complexity index is 944. The lowest BCUT2D eigenvalue weighted by molar-refractivity contribution is 0.284. The Hall–Kier alpha value is -3.58. The zero-order chi connectivity index (χ0) is 18.2. The van der Waals surface area contributed by atoms with Crippen LogP contribution in [0, 0.1) is 11.3 Å². The first-order chi connectivity index (χ1) is 12.8. The van der Waals surface area contributed by atoms with E-state index in [0.717, 1.165) is 16.8 Å². The van der Waals surface area contributed by atoms with E-state index in [0.29, 0.717) is 23.7 Å². The molecule has 3 aromatic rings. The van der Waals surface area contributed by atoms with Gasteiger partial charge in [-0.1, -0.05) is 42.5 Å². The van der Waals surface area contributed by atoms with E-state index in [1.165, 1.54) is 0 Å². The summed E-state index contributed by atoms with van der Waals surface area (Å²) in [7, 11) is 1.62. The van der Waals surface area contributed by atoms with Crippen LogP contribution >= 0.6 is 0 Å². The fourth-order valence-corrected chi connectivity index (χ4v) is 2.44. The molecule has 0 bridgehead atoms. The molecule has 0 spiro atoms. The van der Waals surface area contributed by atoms with E-state index in [1.807, 2.05) is 60.7 Å². The number of aromatic nitrogens is 1. The minimum absolute atomic E-state index is 0.468. The van der Waals surface area contributed by atoms with Crippen molar-refractivity contribution in [3.8, 4) is 17.6 Å². The molecular formula is C22H18N2O2. The molecule has 128 valence electrons. The summed E-state index contributed by atoms with van der Waals surface area (Å²) in [5, 5.41) is 8.96. The molecule has 0 saturated heterocycles. The van der Waals surface area contributed by atoms with Crippen molar-refractivity contribution < 1.29 is 9.47 Å². The number of hydrogen-bond donors (Lipinski definition) is 0. The molecule has 2 aromatic carbocycles. The number of nitrogens with zero attached hydrogens (tertiary/aromatic N) is 2. The molecule has 0 atom stereocenters. The van der Waals surface area contributed by atoms with Crippen molar-refractivity contribution in [3.05, 3.63) is 89.2 Å². The summed E-state index contributed by atoms with van der Waals surface area (Å²) in [5.74, 6) is 1.36. The molecule has 0 saturated carbocycles. The predicted octanol–water partition coefficient (Wildman–Crippen LogP) is 4.71. The van der Waals surface area contributed by atoms with Gasteiger partial charge in [-0.3, -0.25) is 4.98 Å². The van der Waals surface area contributed by atoms with Gasteiger partial charge in [-0.25, -0.2) is 0 Å². The van der Waals surface area contributed by atoms with Crippen molar-refractivity contribution in [1.29, 1.82) is 5.26 Å². The summed E-state index contributed by atoms with van der Waals surface area (Å²) < 4.78 is 11.3. The third-order valence-corrected chi connectivity index (χ3v) is 3.78. The molecular weight excluding hydrogens is 324 g/mol. The smallest absolute Gasteiger partial charge is 0.162 e. The highest BCUT2D eigenvalue weighted by Crippen LogP contribution is 2.29. The summed E-state index contributed by atoms with van der Waals surface area (Å²) in [4.78, 5) is 4.24. The van der Waals surface area contributed by atoms with Crippen molar-refractivity contribution in [2.45, 2.75) is 6.61 Å². The Morgan fingerprint density at radius 2 is 1.85 bits per heavy atom. The van der Waals surface area contributed by atoms with Gasteiger partial charge in [-0.2, -0.15) is 5.26 Å². The van der Waals surface area contributed by atoms with E-state index in [-0.39, 0.29) is 0 Å². The Labute approximate surface area is 153 Å².